The minimum Gasteiger partial charge on any atom is -0.373 e. The molecule has 54 valence electrons. The number of rotatable bonds is 0. The molecule has 0 aromatic rings. The molecule has 2 N–H and O–H groups in total. The number of thioether (sulfide) groups is 1. The molecule has 0 aliphatic carbocycles. The van der Waals surface area contributed by atoms with Crippen LogP contribution in [-0.2, 0) is 0 Å². The van der Waals surface area contributed by atoms with Crippen molar-refractivity contribution in [2.45, 2.75) is 6.42 Å². The standard InChI is InChI=1S/C5H10N2S.ClH/c6-5-1-3-8-4-2-7-5;/h1-4H2,(H2,6,7);1H. The lowest BCUT2D eigenvalue weighted by molar-refractivity contribution is 0.952. The largest absolute Gasteiger partial charge is 0.373 e. The molecule has 0 spiro atoms. The number of nitrogens with one attached hydrogen (secondary N) is 2. The first-order chi connectivity index (χ1) is 3.89. The quantitative estimate of drug-likeness (QED) is 0.566. The fourth-order valence-corrected chi connectivity index (χ4v) is 1.44. The SMILES string of the molecule is Cl.N=C1CCSCCN1. The van der Waals surface area contributed by atoms with Crippen molar-refractivity contribution in [2.24, 2.45) is 0 Å². The van der Waals surface area contributed by atoms with Gasteiger partial charge < -0.3 is 5.32 Å². The van der Waals surface area contributed by atoms with E-state index in [1.807, 2.05) is 11.8 Å². The van der Waals surface area contributed by atoms with Crippen molar-refractivity contribution >= 4 is 30.0 Å². The average molecular weight is 167 g/mol. The lowest BCUT2D eigenvalue weighted by Gasteiger charge is -1.97. The lowest BCUT2D eigenvalue weighted by Crippen LogP contribution is -2.22. The Hall–Kier alpha value is 0.110. The summed E-state index contributed by atoms with van der Waals surface area (Å²) in [6, 6.07) is 0. The van der Waals surface area contributed by atoms with Gasteiger partial charge in [-0.25, -0.2) is 0 Å². The van der Waals surface area contributed by atoms with Gasteiger partial charge in [0.05, 0.1) is 5.84 Å². The summed E-state index contributed by atoms with van der Waals surface area (Å²) in [6.07, 6.45) is 0.921. The first-order valence-electron chi connectivity index (χ1n) is 2.78. The van der Waals surface area contributed by atoms with E-state index in [1.54, 1.807) is 0 Å². The molecule has 9 heavy (non-hydrogen) atoms. The Bertz CT molecular complexity index is 87.0. The lowest BCUT2D eigenvalue weighted by atomic mass is 10.4. The first-order valence-corrected chi connectivity index (χ1v) is 3.94. The summed E-state index contributed by atoms with van der Waals surface area (Å²) in [6.45, 7) is 0.976. The van der Waals surface area contributed by atoms with E-state index in [-0.39, 0.29) is 12.4 Å². The molecule has 0 amide bonds. The zero-order valence-corrected chi connectivity index (χ0v) is 6.78. The number of hydrogen-bond donors (Lipinski definition) is 2. The van der Waals surface area contributed by atoms with Crippen molar-refractivity contribution in [3.63, 3.8) is 0 Å². The van der Waals surface area contributed by atoms with Gasteiger partial charge in [-0.3, -0.25) is 5.41 Å². The van der Waals surface area contributed by atoms with Gasteiger partial charge in [0.1, 0.15) is 0 Å². The van der Waals surface area contributed by atoms with E-state index in [1.165, 1.54) is 0 Å². The molecule has 0 unspecified atom stereocenters. The summed E-state index contributed by atoms with van der Waals surface area (Å²) in [4.78, 5) is 0. The van der Waals surface area contributed by atoms with Crippen molar-refractivity contribution in [1.82, 2.24) is 5.32 Å². The Morgan fingerprint density at radius 1 is 1.44 bits per heavy atom. The molecule has 1 fully saturated rings. The summed E-state index contributed by atoms with van der Waals surface area (Å²) in [5.41, 5.74) is 0. The van der Waals surface area contributed by atoms with Gasteiger partial charge in [0.25, 0.3) is 0 Å². The molecule has 1 aliphatic heterocycles. The van der Waals surface area contributed by atoms with Gasteiger partial charge in [-0.05, 0) is 0 Å². The van der Waals surface area contributed by atoms with Gasteiger partial charge in [0.15, 0.2) is 0 Å². The van der Waals surface area contributed by atoms with Crippen LogP contribution in [0.4, 0.5) is 0 Å². The van der Waals surface area contributed by atoms with E-state index < -0.39 is 0 Å². The van der Waals surface area contributed by atoms with Crippen LogP contribution in [0.15, 0.2) is 0 Å². The van der Waals surface area contributed by atoms with Crippen LogP contribution >= 0.6 is 24.2 Å². The van der Waals surface area contributed by atoms with Gasteiger partial charge in [-0.1, -0.05) is 0 Å². The molecule has 0 bridgehead atoms. The molecule has 1 heterocycles. The molecule has 1 rings (SSSR count). The summed E-state index contributed by atoms with van der Waals surface area (Å²) < 4.78 is 0. The highest BCUT2D eigenvalue weighted by molar-refractivity contribution is 7.99. The van der Waals surface area contributed by atoms with Crippen molar-refractivity contribution in [3.8, 4) is 0 Å². The van der Waals surface area contributed by atoms with Gasteiger partial charge in [-0.15, -0.1) is 12.4 Å². The molecular formula is C5H11ClN2S. The molecule has 0 aromatic heterocycles. The van der Waals surface area contributed by atoms with Crippen LogP contribution in [-0.4, -0.2) is 23.9 Å². The highest BCUT2D eigenvalue weighted by Crippen LogP contribution is 2.03. The monoisotopic (exact) mass is 166 g/mol. The average Bonchev–Trinajstić information content (AvgIpc) is 1.94. The van der Waals surface area contributed by atoms with Crippen LogP contribution in [0.5, 0.6) is 0 Å². The van der Waals surface area contributed by atoms with E-state index in [0.717, 1.165) is 24.5 Å². The Morgan fingerprint density at radius 2 is 2.22 bits per heavy atom. The van der Waals surface area contributed by atoms with E-state index >= 15 is 0 Å². The maximum atomic E-state index is 7.20. The number of amidine groups is 1. The van der Waals surface area contributed by atoms with Crippen molar-refractivity contribution in [2.75, 3.05) is 18.1 Å². The highest BCUT2D eigenvalue weighted by atomic mass is 35.5. The molecule has 1 aliphatic rings. The van der Waals surface area contributed by atoms with Crippen LogP contribution in [0.1, 0.15) is 6.42 Å². The Kier molecular flexibility index (Phi) is 5.00. The first kappa shape index (κ1) is 9.11. The van der Waals surface area contributed by atoms with Crippen LogP contribution in [0, 0.1) is 5.41 Å². The third-order valence-electron chi connectivity index (χ3n) is 1.08. The summed E-state index contributed by atoms with van der Waals surface area (Å²) >= 11 is 1.92. The van der Waals surface area contributed by atoms with Crippen LogP contribution < -0.4 is 5.32 Å². The van der Waals surface area contributed by atoms with Crippen LogP contribution in [0.25, 0.3) is 0 Å². The van der Waals surface area contributed by atoms with E-state index in [9.17, 15) is 0 Å². The smallest absolute Gasteiger partial charge is 0.0940 e. The fraction of sp³-hybridized carbons (Fsp3) is 0.800. The zero-order chi connectivity index (χ0) is 5.82. The van der Waals surface area contributed by atoms with Crippen molar-refractivity contribution < 1.29 is 0 Å². The van der Waals surface area contributed by atoms with Gasteiger partial charge >= 0.3 is 0 Å². The van der Waals surface area contributed by atoms with Gasteiger partial charge in [0, 0.05) is 24.5 Å². The summed E-state index contributed by atoms with van der Waals surface area (Å²) in [5.74, 6) is 2.98. The van der Waals surface area contributed by atoms with Crippen molar-refractivity contribution in [1.29, 1.82) is 5.41 Å². The van der Waals surface area contributed by atoms with E-state index in [0.29, 0.717) is 5.84 Å². The fourth-order valence-electron chi connectivity index (χ4n) is 0.639. The Balaban J connectivity index is 0.000000640. The maximum Gasteiger partial charge on any atom is 0.0940 e. The van der Waals surface area contributed by atoms with E-state index in [4.69, 9.17) is 5.41 Å². The van der Waals surface area contributed by atoms with E-state index in [2.05, 4.69) is 5.32 Å². The molecule has 4 heteroatoms. The number of hydrogen-bond acceptors (Lipinski definition) is 2. The minimum absolute atomic E-state index is 0. The van der Waals surface area contributed by atoms with Gasteiger partial charge in [-0.2, -0.15) is 11.8 Å². The van der Waals surface area contributed by atoms with Crippen LogP contribution in [0.2, 0.25) is 0 Å². The second-order valence-electron chi connectivity index (χ2n) is 1.77. The Morgan fingerprint density at radius 3 is 3.00 bits per heavy atom. The molecule has 2 nitrogen and oxygen atoms in total. The molecule has 0 aromatic carbocycles. The Labute approximate surface area is 65.7 Å². The normalized spacial score (nSPS) is 19.3. The predicted molar refractivity (Wildman–Crippen MR) is 44.9 cm³/mol. The minimum atomic E-state index is 0. The summed E-state index contributed by atoms with van der Waals surface area (Å²) in [5, 5.41) is 10.2. The zero-order valence-electron chi connectivity index (χ0n) is 5.14. The third-order valence-corrected chi connectivity index (χ3v) is 2.07. The summed E-state index contributed by atoms with van der Waals surface area (Å²) in [7, 11) is 0. The molecule has 0 saturated carbocycles. The molecule has 0 atom stereocenters. The topological polar surface area (TPSA) is 35.9 Å². The molecular weight excluding hydrogens is 156 g/mol. The molecule has 0 radical (unpaired) electrons. The maximum absolute atomic E-state index is 7.20. The molecule has 1 saturated heterocycles. The number of halogens is 1. The van der Waals surface area contributed by atoms with Crippen molar-refractivity contribution in [3.05, 3.63) is 0 Å². The van der Waals surface area contributed by atoms with Crippen LogP contribution in [0.3, 0.4) is 0 Å². The second kappa shape index (κ2) is 4.94. The predicted octanol–water partition coefficient (Wildman–Crippen LogP) is 1.11. The second-order valence-corrected chi connectivity index (χ2v) is 2.99. The highest BCUT2D eigenvalue weighted by Gasteiger charge is 2.00. The van der Waals surface area contributed by atoms with Gasteiger partial charge in [0.2, 0.25) is 0 Å². The third kappa shape index (κ3) is 3.65.